The van der Waals surface area contributed by atoms with E-state index in [0.717, 1.165) is 39.1 Å². The Hall–Kier alpha value is -3.53. The summed E-state index contributed by atoms with van der Waals surface area (Å²) < 4.78 is 0. The highest BCUT2D eigenvalue weighted by Crippen LogP contribution is 2.21. The zero-order chi connectivity index (χ0) is 17.9. The molecule has 0 aliphatic carbocycles. The third kappa shape index (κ3) is 3.30. The van der Waals surface area contributed by atoms with Crippen LogP contribution in [0.4, 0.5) is 0 Å². The lowest BCUT2D eigenvalue weighted by Crippen LogP contribution is -1.99. The third-order valence-electron chi connectivity index (χ3n) is 4.25. The van der Waals surface area contributed by atoms with Crippen LogP contribution in [0.3, 0.4) is 0 Å². The minimum atomic E-state index is -0.991. The van der Waals surface area contributed by atoms with Crippen LogP contribution in [0.1, 0.15) is 17.0 Å². The Morgan fingerprint density at radius 2 is 1.58 bits per heavy atom. The molecule has 2 aromatic carbocycles. The number of nitrogens with zero attached hydrogens (tertiary/aromatic N) is 2. The third-order valence-corrected chi connectivity index (χ3v) is 4.25. The Balaban J connectivity index is 1.79. The van der Waals surface area contributed by atoms with E-state index in [0.29, 0.717) is 12.1 Å². The lowest BCUT2D eigenvalue weighted by molar-refractivity contribution is -0.131. The predicted molar refractivity (Wildman–Crippen MR) is 103 cm³/mol. The molecule has 0 saturated carbocycles. The van der Waals surface area contributed by atoms with Gasteiger partial charge in [0.05, 0.1) is 16.7 Å². The quantitative estimate of drug-likeness (QED) is 0.557. The standard InChI is InChI=1S/C22H16N2O2/c25-22(26)12-11-21-17(13-16-6-2-4-8-20(16)24-21)14-18-10-9-15-5-1-3-7-19(15)23-18/h1-13H,14H2,(H,25,26)/b12-11+. The summed E-state index contributed by atoms with van der Waals surface area (Å²) in [5, 5.41) is 11.1. The van der Waals surface area contributed by atoms with Crippen LogP contribution < -0.4 is 0 Å². The molecule has 0 amide bonds. The summed E-state index contributed by atoms with van der Waals surface area (Å²) in [6.45, 7) is 0. The zero-order valence-corrected chi connectivity index (χ0v) is 14.0. The molecule has 0 saturated heterocycles. The van der Waals surface area contributed by atoms with Crippen LogP contribution in [0.15, 0.2) is 72.8 Å². The van der Waals surface area contributed by atoms with Gasteiger partial charge in [0, 0.05) is 29.0 Å². The number of aliphatic carboxylic acids is 1. The van der Waals surface area contributed by atoms with Crippen LogP contribution in [-0.4, -0.2) is 21.0 Å². The molecule has 0 unspecified atom stereocenters. The van der Waals surface area contributed by atoms with Crippen molar-refractivity contribution in [2.75, 3.05) is 0 Å². The fraction of sp³-hybridized carbons (Fsp3) is 0.0455. The first-order valence-electron chi connectivity index (χ1n) is 8.33. The molecule has 26 heavy (non-hydrogen) atoms. The van der Waals surface area contributed by atoms with Gasteiger partial charge in [-0.3, -0.25) is 4.98 Å². The highest BCUT2D eigenvalue weighted by atomic mass is 16.4. The van der Waals surface area contributed by atoms with Crippen molar-refractivity contribution in [1.29, 1.82) is 0 Å². The van der Waals surface area contributed by atoms with Gasteiger partial charge in [-0.1, -0.05) is 42.5 Å². The number of fused-ring (bicyclic) bond motifs is 2. The van der Waals surface area contributed by atoms with Crippen LogP contribution in [0, 0.1) is 0 Å². The van der Waals surface area contributed by atoms with Gasteiger partial charge in [-0.25, -0.2) is 9.78 Å². The minimum Gasteiger partial charge on any atom is -0.478 e. The summed E-state index contributed by atoms with van der Waals surface area (Å²) in [4.78, 5) is 20.3. The Morgan fingerprint density at radius 3 is 2.35 bits per heavy atom. The SMILES string of the molecule is O=C(O)/C=C/c1nc2ccccc2cc1Cc1ccc2ccccc2n1. The number of pyridine rings is 2. The molecule has 0 aliphatic heterocycles. The maximum absolute atomic E-state index is 10.9. The number of aromatic nitrogens is 2. The fourth-order valence-corrected chi connectivity index (χ4v) is 3.01. The van der Waals surface area contributed by atoms with Crippen molar-refractivity contribution < 1.29 is 9.90 Å². The van der Waals surface area contributed by atoms with E-state index in [-0.39, 0.29) is 0 Å². The largest absolute Gasteiger partial charge is 0.478 e. The average molecular weight is 340 g/mol. The summed E-state index contributed by atoms with van der Waals surface area (Å²) >= 11 is 0. The molecule has 4 aromatic rings. The topological polar surface area (TPSA) is 63.1 Å². The molecule has 4 rings (SSSR count). The number of rotatable bonds is 4. The summed E-state index contributed by atoms with van der Waals surface area (Å²) in [5.74, 6) is -0.991. The van der Waals surface area contributed by atoms with Crippen molar-refractivity contribution in [2.45, 2.75) is 6.42 Å². The van der Waals surface area contributed by atoms with Crippen molar-refractivity contribution in [3.63, 3.8) is 0 Å². The van der Waals surface area contributed by atoms with Gasteiger partial charge in [0.15, 0.2) is 0 Å². The number of carboxylic acid groups (broad SMARTS) is 1. The smallest absolute Gasteiger partial charge is 0.328 e. The monoisotopic (exact) mass is 340 g/mol. The molecule has 126 valence electrons. The fourth-order valence-electron chi connectivity index (χ4n) is 3.01. The van der Waals surface area contributed by atoms with Crippen LogP contribution in [-0.2, 0) is 11.2 Å². The molecule has 0 atom stereocenters. The van der Waals surface area contributed by atoms with Gasteiger partial charge in [-0.05, 0) is 35.9 Å². The highest BCUT2D eigenvalue weighted by Gasteiger charge is 2.08. The van der Waals surface area contributed by atoms with Crippen molar-refractivity contribution in [2.24, 2.45) is 0 Å². The number of carboxylic acids is 1. The van der Waals surface area contributed by atoms with Gasteiger partial charge in [0.2, 0.25) is 0 Å². The summed E-state index contributed by atoms with van der Waals surface area (Å²) in [6, 6.07) is 21.9. The highest BCUT2D eigenvalue weighted by molar-refractivity contribution is 5.87. The van der Waals surface area contributed by atoms with Gasteiger partial charge < -0.3 is 5.11 Å². The van der Waals surface area contributed by atoms with E-state index in [4.69, 9.17) is 10.1 Å². The van der Waals surface area contributed by atoms with Crippen molar-refractivity contribution in [3.8, 4) is 0 Å². The molecule has 0 bridgehead atoms. The van der Waals surface area contributed by atoms with Crippen molar-refractivity contribution in [1.82, 2.24) is 9.97 Å². The van der Waals surface area contributed by atoms with Crippen molar-refractivity contribution >= 4 is 33.9 Å². The molecule has 0 spiro atoms. The summed E-state index contributed by atoms with van der Waals surface area (Å²) in [6.07, 6.45) is 3.25. The second-order valence-electron chi connectivity index (χ2n) is 6.07. The molecule has 2 aromatic heterocycles. The molecule has 4 nitrogen and oxygen atoms in total. The first kappa shape index (κ1) is 16.0. The molecule has 0 aliphatic rings. The van der Waals surface area contributed by atoms with E-state index in [1.807, 2.05) is 54.6 Å². The predicted octanol–water partition coefficient (Wildman–Crippen LogP) is 4.47. The normalized spacial score (nSPS) is 11.4. The van der Waals surface area contributed by atoms with E-state index < -0.39 is 5.97 Å². The molecule has 2 heterocycles. The molecule has 0 radical (unpaired) electrons. The number of carbonyl (C=O) groups is 1. The number of benzene rings is 2. The van der Waals surface area contributed by atoms with Crippen LogP contribution in [0.5, 0.6) is 0 Å². The summed E-state index contributed by atoms with van der Waals surface area (Å²) in [5.41, 5.74) is 4.31. The number of hydrogen-bond acceptors (Lipinski definition) is 3. The van der Waals surface area contributed by atoms with Gasteiger partial charge in [0.1, 0.15) is 0 Å². The molecular weight excluding hydrogens is 324 g/mol. The lowest BCUT2D eigenvalue weighted by Gasteiger charge is -2.09. The second-order valence-corrected chi connectivity index (χ2v) is 6.07. The number of hydrogen-bond donors (Lipinski definition) is 1. The van der Waals surface area contributed by atoms with E-state index in [9.17, 15) is 4.79 Å². The lowest BCUT2D eigenvalue weighted by atomic mass is 10.0. The van der Waals surface area contributed by atoms with Gasteiger partial charge in [-0.2, -0.15) is 0 Å². The maximum Gasteiger partial charge on any atom is 0.328 e. The van der Waals surface area contributed by atoms with E-state index in [1.165, 1.54) is 0 Å². The zero-order valence-electron chi connectivity index (χ0n) is 14.0. The van der Waals surface area contributed by atoms with Gasteiger partial charge in [-0.15, -0.1) is 0 Å². The van der Waals surface area contributed by atoms with Crippen LogP contribution in [0.2, 0.25) is 0 Å². The van der Waals surface area contributed by atoms with E-state index >= 15 is 0 Å². The molecule has 4 heteroatoms. The molecule has 1 N–H and O–H groups in total. The molecular formula is C22H16N2O2. The van der Waals surface area contributed by atoms with E-state index in [2.05, 4.69) is 17.1 Å². The Kier molecular flexibility index (Phi) is 4.15. The Bertz CT molecular complexity index is 1150. The van der Waals surface area contributed by atoms with Gasteiger partial charge >= 0.3 is 5.97 Å². The second kappa shape index (κ2) is 6.76. The van der Waals surface area contributed by atoms with Crippen molar-refractivity contribution in [3.05, 3.63) is 89.8 Å². The van der Waals surface area contributed by atoms with Crippen LogP contribution >= 0.6 is 0 Å². The van der Waals surface area contributed by atoms with Crippen LogP contribution in [0.25, 0.3) is 27.9 Å². The van der Waals surface area contributed by atoms with E-state index in [1.54, 1.807) is 6.08 Å². The maximum atomic E-state index is 10.9. The first-order chi connectivity index (χ1) is 12.7. The first-order valence-corrected chi connectivity index (χ1v) is 8.33. The number of para-hydroxylation sites is 2. The minimum absolute atomic E-state index is 0.585. The summed E-state index contributed by atoms with van der Waals surface area (Å²) in [7, 11) is 0. The molecule has 0 fully saturated rings. The Morgan fingerprint density at radius 1 is 0.885 bits per heavy atom. The Labute approximate surface area is 150 Å². The van der Waals surface area contributed by atoms with Gasteiger partial charge in [0.25, 0.3) is 0 Å². The average Bonchev–Trinajstić information content (AvgIpc) is 2.66.